The molecule has 0 N–H and O–H groups in total. The molecule has 1 saturated heterocycles. The molecule has 0 amide bonds. The molecule has 3 heteroatoms. The fourth-order valence-electron chi connectivity index (χ4n) is 2.28. The molecule has 13 heavy (non-hydrogen) atoms. The van der Waals surface area contributed by atoms with Gasteiger partial charge in [0.1, 0.15) is 0 Å². The van der Waals surface area contributed by atoms with E-state index in [1.807, 2.05) is 0 Å². The van der Waals surface area contributed by atoms with Crippen LogP contribution in [0, 0.1) is 0 Å². The Morgan fingerprint density at radius 3 is 1.69 bits per heavy atom. The summed E-state index contributed by atoms with van der Waals surface area (Å²) in [5.74, 6) is 0. The van der Waals surface area contributed by atoms with Crippen LogP contribution in [0.3, 0.4) is 0 Å². The summed E-state index contributed by atoms with van der Waals surface area (Å²) in [6.45, 7) is 8.61. The molecule has 0 unspecified atom stereocenters. The normalized spacial score (nSPS) is 28.2. The van der Waals surface area contributed by atoms with Crippen molar-refractivity contribution in [2.45, 2.75) is 57.7 Å². The molecule has 1 aliphatic heterocycles. The van der Waals surface area contributed by atoms with Crippen molar-refractivity contribution in [1.82, 2.24) is 4.90 Å². The van der Waals surface area contributed by atoms with Crippen molar-refractivity contribution in [2.75, 3.05) is 7.05 Å². The van der Waals surface area contributed by atoms with Crippen LogP contribution >= 0.6 is 0 Å². The largest absolute Gasteiger partial charge is 1.00 e. The molecule has 1 rings (SSSR count). The minimum atomic E-state index is -0.383. The average molecular weight is 193 g/mol. The van der Waals surface area contributed by atoms with Gasteiger partial charge in [-0.15, -0.1) is 6.10 Å². The molecule has 0 saturated carbocycles. The Labute approximate surface area is 104 Å². The number of piperidine rings is 1. The molecule has 0 spiro atoms. The van der Waals surface area contributed by atoms with E-state index in [-0.39, 0.29) is 46.7 Å². The van der Waals surface area contributed by atoms with Crippen LogP contribution in [0.5, 0.6) is 0 Å². The molecule has 2 nitrogen and oxygen atoms in total. The predicted octanol–water partition coefficient (Wildman–Crippen LogP) is -2.00. The maximum absolute atomic E-state index is 11.5. The van der Waals surface area contributed by atoms with E-state index in [1.165, 1.54) is 0 Å². The van der Waals surface area contributed by atoms with Gasteiger partial charge in [-0.25, -0.2) is 0 Å². The van der Waals surface area contributed by atoms with Gasteiger partial charge in [-0.05, 0) is 47.6 Å². The van der Waals surface area contributed by atoms with Crippen LogP contribution in [0.2, 0.25) is 0 Å². The summed E-state index contributed by atoms with van der Waals surface area (Å²) in [5, 5.41) is 11.5. The van der Waals surface area contributed by atoms with E-state index in [2.05, 4.69) is 39.6 Å². The van der Waals surface area contributed by atoms with E-state index in [0.717, 1.165) is 12.8 Å². The number of hydrogen-bond acceptors (Lipinski definition) is 2. The van der Waals surface area contributed by atoms with E-state index < -0.39 is 0 Å². The standard InChI is InChI=1S/C10H20NO.Na/c1-9(2)6-8(12)7-10(3,4)11(9)5;/h8H,6-7H2,1-5H3;/q-1;+1. The summed E-state index contributed by atoms with van der Waals surface area (Å²) in [7, 11) is 2.12. The summed E-state index contributed by atoms with van der Waals surface area (Å²) in [5.41, 5.74) is 0.127. The Kier molecular flexibility index (Phi) is 4.49. The van der Waals surface area contributed by atoms with E-state index in [9.17, 15) is 5.11 Å². The molecule has 0 atom stereocenters. The van der Waals surface area contributed by atoms with Gasteiger partial charge in [0, 0.05) is 11.1 Å². The van der Waals surface area contributed by atoms with E-state index in [0.29, 0.717) is 0 Å². The van der Waals surface area contributed by atoms with Crippen LogP contribution in [0.1, 0.15) is 40.5 Å². The molecule has 0 radical (unpaired) electrons. The third-order valence-corrected chi connectivity index (χ3v) is 3.27. The Bertz CT molecular complexity index is 162. The van der Waals surface area contributed by atoms with Gasteiger partial charge >= 0.3 is 29.6 Å². The van der Waals surface area contributed by atoms with Gasteiger partial charge in [-0.3, -0.25) is 4.90 Å². The van der Waals surface area contributed by atoms with E-state index in [1.54, 1.807) is 0 Å². The third-order valence-electron chi connectivity index (χ3n) is 3.27. The Morgan fingerprint density at radius 1 is 1.08 bits per heavy atom. The van der Waals surface area contributed by atoms with Crippen LogP contribution in [0.4, 0.5) is 0 Å². The van der Waals surface area contributed by atoms with Gasteiger partial charge in [-0.1, -0.05) is 0 Å². The SMILES string of the molecule is CN1C(C)(C)CC([O-])CC1(C)C.[Na+]. The van der Waals surface area contributed by atoms with Crippen LogP contribution < -0.4 is 34.7 Å². The van der Waals surface area contributed by atoms with Gasteiger partial charge < -0.3 is 5.11 Å². The summed E-state index contributed by atoms with van der Waals surface area (Å²) in [6, 6.07) is 0. The predicted molar refractivity (Wildman–Crippen MR) is 48.9 cm³/mol. The topological polar surface area (TPSA) is 26.3 Å². The van der Waals surface area contributed by atoms with Crippen molar-refractivity contribution < 1.29 is 34.7 Å². The molecule has 1 aliphatic rings. The van der Waals surface area contributed by atoms with Crippen molar-refractivity contribution in [3.8, 4) is 0 Å². The van der Waals surface area contributed by atoms with Crippen molar-refractivity contribution in [1.29, 1.82) is 0 Å². The Balaban J connectivity index is 0.00000144. The first kappa shape index (κ1) is 13.9. The summed E-state index contributed by atoms with van der Waals surface area (Å²) >= 11 is 0. The summed E-state index contributed by atoms with van der Waals surface area (Å²) < 4.78 is 0. The summed E-state index contributed by atoms with van der Waals surface area (Å²) in [4.78, 5) is 2.33. The molecule has 0 aromatic rings. The molecule has 1 fully saturated rings. The molecular formula is C10H20NNaO. The maximum atomic E-state index is 11.5. The smallest absolute Gasteiger partial charge is 0.852 e. The van der Waals surface area contributed by atoms with Gasteiger partial charge in [0.15, 0.2) is 0 Å². The molecule has 0 aromatic carbocycles. The van der Waals surface area contributed by atoms with Crippen LogP contribution in [0.15, 0.2) is 0 Å². The monoisotopic (exact) mass is 193 g/mol. The minimum absolute atomic E-state index is 0. The summed E-state index contributed by atoms with van der Waals surface area (Å²) in [6.07, 6.45) is 1.16. The molecule has 72 valence electrons. The van der Waals surface area contributed by atoms with Gasteiger partial charge in [0.25, 0.3) is 0 Å². The molecule has 1 heterocycles. The zero-order chi connectivity index (χ0) is 9.57. The maximum Gasteiger partial charge on any atom is 1.00 e. The van der Waals surface area contributed by atoms with Crippen molar-refractivity contribution in [2.24, 2.45) is 0 Å². The van der Waals surface area contributed by atoms with Gasteiger partial charge in [-0.2, -0.15) is 0 Å². The molecule has 0 bridgehead atoms. The van der Waals surface area contributed by atoms with Crippen LogP contribution in [-0.4, -0.2) is 29.1 Å². The van der Waals surface area contributed by atoms with E-state index >= 15 is 0 Å². The molecule has 0 aromatic heterocycles. The first-order valence-electron chi connectivity index (χ1n) is 4.65. The second-order valence-corrected chi connectivity index (χ2v) is 5.21. The number of rotatable bonds is 0. The number of hydrogen-bond donors (Lipinski definition) is 0. The average Bonchev–Trinajstić information content (AvgIpc) is 1.80. The first-order chi connectivity index (χ1) is 5.26. The fraction of sp³-hybridized carbons (Fsp3) is 1.00. The van der Waals surface area contributed by atoms with Crippen LogP contribution in [-0.2, 0) is 0 Å². The second kappa shape index (κ2) is 4.19. The van der Waals surface area contributed by atoms with Gasteiger partial charge in [0.2, 0.25) is 0 Å². The fourth-order valence-corrected chi connectivity index (χ4v) is 2.28. The van der Waals surface area contributed by atoms with Crippen molar-refractivity contribution in [3.63, 3.8) is 0 Å². The van der Waals surface area contributed by atoms with Crippen LogP contribution in [0.25, 0.3) is 0 Å². The van der Waals surface area contributed by atoms with Gasteiger partial charge in [0.05, 0.1) is 0 Å². The Hall–Kier alpha value is 0.920. The number of nitrogens with zero attached hydrogens (tertiary/aromatic N) is 1. The first-order valence-corrected chi connectivity index (χ1v) is 4.65. The minimum Gasteiger partial charge on any atom is -0.852 e. The van der Waals surface area contributed by atoms with E-state index in [4.69, 9.17) is 0 Å². The zero-order valence-corrected chi connectivity index (χ0v) is 11.8. The second-order valence-electron chi connectivity index (χ2n) is 5.21. The van der Waals surface area contributed by atoms with Crippen molar-refractivity contribution in [3.05, 3.63) is 0 Å². The third kappa shape index (κ3) is 2.93. The molecular weight excluding hydrogens is 173 g/mol. The number of likely N-dealkylation sites (tertiary alicyclic amines) is 1. The Morgan fingerprint density at radius 2 is 1.38 bits per heavy atom. The van der Waals surface area contributed by atoms with Crippen molar-refractivity contribution >= 4 is 0 Å². The quantitative estimate of drug-likeness (QED) is 0.416. The zero-order valence-electron chi connectivity index (χ0n) is 9.85. The molecule has 0 aliphatic carbocycles.